The lowest BCUT2D eigenvalue weighted by Gasteiger charge is -2.15. The zero-order valence-corrected chi connectivity index (χ0v) is 20.7. The van der Waals surface area contributed by atoms with Crippen molar-refractivity contribution < 1.29 is 17.9 Å². The second-order valence-electron chi connectivity index (χ2n) is 7.71. The van der Waals surface area contributed by atoms with Gasteiger partial charge in [-0.05, 0) is 81.8 Å². The molecule has 1 amide bonds. The molecular weight excluding hydrogens is 492 g/mol. The van der Waals surface area contributed by atoms with Crippen molar-refractivity contribution in [2.45, 2.75) is 38.7 Å². The smallest absolute Gasteiger partial charge is 0.261 e. The molecular formula is C24H25BrN2O4S. The van der Waals surface area contributed by atoms with Gasteiger partial charge in [0.15, 0.2) is 0 Å². The van der Waals surface area contributed by atoms with Gasteiger partial charge in [0, 0.05) is 10.2 Å². The fourth-order valence-corrected chi connectivity index (χ4v) is 4.58. The Kier molecular flexibility index (Phi) is 7.26. The Bertz CT molecular complexity index is 1240. The van der Waals surface area contributed by atoms with Gasteiger partial charge in [-0.15, -0.1) is 0 Å². The van der Waals surface area contributed by atoms with Crippen molar-refractivity contribution in [3.05, 3.63) is 81.8 Å². The lowest BCUT2D eigenvalue weighted by Crippen LogP contribution is -2.16. The van der Waals surface area contributed by atoms with E-state index >= 15 is 0 Å². The third-order valence-electron chi connectivity index (χ3n) is 4.60. The molecule has 0 fully saturated rings. The van der Waals surface area contributed by atoms with Gasteiger partial charge in [-0.2, -0.15) is 0 Å². The summed E-state index contributed by atoms with van der Waals surface area (Å²) in [4.78, 5) is 12.9. The number of rotatable bonds is 7. The van der Waals surface area contributed by atoms with Gasteiger partial charge in [0.2, 0.25) is 0 Å². The Morgan fingerprint density at radius 1 is 0.969 bits per heavy atom. The molecule has 3 aromatic carbocycles. The number of ether oxygens (including phenoxy) is 1. The molecule has 2 N–H and O–H groups in total. The quantitative estimate of drug-likeness (QED) is 0.408. The molecule has 0 atom stereocenters. The maximum atomic E-state index is 12.8. The van der Waals surface area contributed by atoms with E-state index in [0.29, 0.717) is 22.7 Å². The number of amides is 1. The molecule has 8 heteroatoms. The van der Waals surface area contributed by atoms with Crippen LogP contribution < -0.4 is 14.8 Å². The zero-order valence-electron chi connectivity index (χ0n) is 18.3. The summed E-state index contributed by atoms with van der Waals surface area (Å²) in [5, 5.41) is 2.79. The predicted octanol–water partition coefficient (Wildman–Crippen LogP) is 5.91. The Balaban J connectivity index is 1.77. The van der Waals surface area contributed by atoms with Gasteiger partial charge in [-0.25, -0.2) is 8.42 Å². The second-order valence-corrected chi connectivity index (χ2v) is 10.3. The van der Waals surface area contributed by atoms with E-state index in [1.54, 1.807) is 36.4 Å². The van der Waals surface area contributed by atoms with E-state index in [1.165, 1.54) is 12.1 Å². The molecule has 0 aliphatic carbocycles. The molecule has 0 heterocycles. The van der Waals surface area contributed by atoms with Crippen molar-refractivity contribution in [3.63, 3.8) is 0 Å². The summed E-state index contributed by atoms with van der Waals surface area (Å²) in [5.74, 6) is 0.114. The number of hydrogen-bond acceptors (Lipinski definition) is 4. The highest BCUT2D eigenvalue weighted by Gasteiger charge is 2.17. The summed E-state index contributed by atoms with van der Waals surface area (Å²) >= 11 is 3.37. The fourth-order valence-electron chi connectivity index (χ4n) is 3.08. The minimum atomic E-state index is -3.76. The number of hydrogen-bond donors (Lipinski definition) is 2. The molecule has 3 rings (SSSR count). The molecule has 0 radical (unpaired) electrons. The van der Waals surface area contributed by atoms with Crippen molar-refractivity contribution in [3.8, 4) is 5.75 Å². The summed E-state index contributed by atoms with van der Waals surface area (Å²) in [6.07, 6.45) is -0.0862. The van der Waals surface area contributed by atoms with Crippen LogP contribution in [0.25, 0.3) is 0 Å². The third-order valence-corrected chi connectivity index (χ3v) is 6.47. The summed E-state index contributed by atoms with van der Waals surface area (Å²) in [7, 11) is -3.76. The number of benzene rings is 3. The highest BCUT2D eigenvalue weighted by Crippen LogP contribution is 2.26. The van der Waals surface area contributed by atoms with Gasteiger partial charge in [0.05, 0.1) is 22.3 Å². The monoisotopic (exact) mass is 516 g/mol. The zero-order chi connectivity index (χ0) is 23.5. The molecule has 0 aromatic heterocycles. The Hall–Kier alpha value is -2.84. The van der Waals surface area contributed by atoms with E-state index in [4.69, 9.17) is 4.74 Å². The molecule has 0 saturated carbocycles. The number of anilines is 2. The largest absolute Gasteiger partial charge is 0.490 e. The lowest BCUT2D eigenvalue weighted by molar-refractivity contribution is 0.102. The van der Waals surface area contributed by atoms with E-state index in [1.807, 2.05) is 39.8 Å². The SMILES string of the molecule is Cc1ccc(NS(=O)(=O)c2ccc(NC(=O)c3cc(Br)ccc3OC(C)C)cc2)c(C)c1. The van der Waals surface area contributed by atoms with E-state index in [9.17, 15) is 13.2 Å². The topological polar surface area (TPSA) is 84.5 Å². The average Bonchev–Trinajstić information content (AvgIpc) is 2.71. The first-order valence-electron chi connectivity index (χ1n) is 10.0. The van der Waals surface area contributed by atoms with E-state index in [0.717, 1.165) is 15.6 Å². The van der Waals surface area contributed by atoms with Crippen LogP contribution in [0.2, 0.25) is 0 Å². The van der Waals surface area contributed by atoms with Crippen LogP contribution in [-0.4, -0.2) is 20.4 Å². The number of carbonyl (C=O) groups excluding carboxylic acids is 1. The first kappa shape index (κ1) is 23.8. The molecule has 0 spiro atoms. The van der Waals surface area contributed by atoms with Gasteiger partial charge in [0.25, 0.3) is 15.9 Å². The van der Waals surface area contributed by atoms with Gasteiger partial charge >= 0.3 is 0 Å². The molecule has 32 heavy (non-hydrogen) atoms. The average molecular weight is 517 g/mol. The van der Waals surface area contributed by atoms with Gasteiger partial charge in [-0.3, -0.25) is 9.52 Å². The second kappa shape index (κ2) is 9.75. The molecule has 0 aliphatic heterocycles. The fraction of sp³-hybridized carbons (Fsp3) is 0.208. The minimum absolute atomic E-state index is 0.0862. The molecule has 3 aromatic rings. The summed E-state index contributed by atoms with van der Waals surface area (Å²) in [6.45, 7) is 7.57. The van der Waals surface area contributed by atoms with Crippen molar-refractivity contribution in [2.75, 3.05) is 10.0 Å². The first-order valence-corrected chi connectivity index (χ1v) is 12.3. The maximum Gasteiger partial charge on any atom is 0.261 e. The van der Waals surface area contributed by atoms with Gasteiger partial charge in [0.1, 0.15) is 5.75 Å². The standard InChI is InChI=1S/C24H25BrN2O4S/c1-15(2)31-23-12-6-18(25)14-21(23)24(28)26-19-7-9-20(10-8-19)32(29,30)27-22-11-5-16(3)13-17(22)4/h5-15,27H,1-4H3,(H,26,28). The number of aryl methyl sites for hydroxylation is 2. The van der Waals surface area contributed by atoms with Crippen molar-refractivity contribution in [2.24, 2.45) is 0 Å². The van der Waals surface area contributed by atoms with Crippen molar-refractivity contribution in [1.82, 2.24) is 0 Å². The first-order chi connectivity index (χ1) is 15.0. The van der Waals surface area contributed by atoms with Crippen LogP contribution in [0.15, 0.2) is 70.0 Å². The molecule has 0 saturated heterocycles. The van der Waals surface area contributed by atoms with Crippen LogP contribution >= 0.6 is 15.9 Å². The molecule has 0 aliphatic rings. The number of carbonyl (C=O) groups is 1. The lowest BCUT2D eigenvalue weighted by atomic mass is 10.1. The van der Waals surface area contributed by atoms with E-state index in [2.05, 4.69) is 26.0 Å². The Labute approximate surface area is 197 Å². The van der Waals surface area contributed by atoms with Gasteiger partial charge < -0.3 is 10.1 Å². The Morgan fingerprint density at radius 3 is 2.28 bits per heavy atom. The molecule has 0 unspecified atom stereocenters. The minimum Gasteiger partial charge on any atom is -0.490 e. The summed E-state index contributed by atoms with van der Waals surface area (Å²) < 4.78 is 34.6. The van der Waals surface area contributed by atoms with E-state index in [-0.39, 0.29) is 16.9 Å². The van der Waals surface area contributed by atoms with Crippen molar-refractivity contribution in [1.29, 1.82) is 0 Å². The summed E-state index contributed by atoms with van der Waals surface area (Å²) in [5.41, 5.74) is 3.27. The van der Waals surface area contributed by atoms with Crippen LogP contribution in [-0.2, 0) is 10.0 Å². The van der Waals surface area contributed by atoms with E-state index < -0.39 is 10.0 Å². The van der Waals surface area contributed by atoms with Crippen molar-refractivity contribution >= 4 is 43.2 Å². The third kappa shape index (κ3) is 5.89. The predicted molar refractivity (Wildman–Crippen MR) is 131 cm³/mol. The van der Waals surface area contributed by atoms with Crippen LogP contribution in [0.1, 0.15) is 35.3 Å². The van der Waals surface area contributed by atoms with Crippen LogP contribution in [0, 0.1) is 13.8 Å². The van der Waals surface area contributed by atoms with Crippen LogP contribution in [0.4, 0.5) is 11.4 Å². The molecule has 0 bridgehead atoms. The van der Waals surface area contributed by atoms with Crippen LogP contribution in [0.3, 0.4) is 0 Å². The summed E-state index contributed by atoms with van der Waals surface area (Å²) in [6, 6.07) is 16.7. The highest BCUT2D eigenvalue weighted by atomic mass is 79.9. The molecule has 6 nitrogen and oxygen atoms in total. The Morgan fingerprint density at radius 2 is 1.66 bits per heavy atom. The van der Waals surface area contributed by atoms with Gasteiger partial charge in [-0.1, -0.05) is 33.6 Å². The highest BCUT2D eigenvalue weighted by molar-refractivity contribution is 9.10. The maximum absolute atomic E-state index is 12.8. The normalized spacial score (nSPS) is 11.3. The van der Waals surface area contributed by atoms with Crippen LogP contribution in [0.5, 0.6) is 5.75 Å². The number of nitrogens with one attached hydrogen (secondary N) is 2. The molecule has 168 valence electrons. The number of halogens is 1. The number of sulfonamides is 1.